The predicted octanol–water partition coefficient (Wildman–Crippen LogP) is 2.06. The van der Waals surface area contributed by atoms with E-state index in [-0.39, 0.29) is 31.3 Å². The fourth-order valence-corrected chi connectivity index (χ4v) is 3.78. The summed E-state index contributed by atoms with van der Waals surface area (Å²) >= 11 is 0. The van der Waals surface area contributed by atoms with Gasteiger partial charge >= 0.3 is 0 Å². The van der Waals surface area contributed by atoms with Crippen molar-refractivity contribution in [3.8, 4) is 0 Å². The minimum absolute atomic E-state index is 0. The Hall–Kier alpha value is -1.77. The standard InChI is InChI=1S/C19H25F2N5O.ClH/c1-13-15(18(27)23-5-7-25-6-4-19(20,21)12-25)2-3-17-16(13)11-26(24-17)10-14-8-22-9-14;/h2-3,11,14,22H,4-10,12H2,1H3,(H,23,27);1H. The van der Waals surface area contributed by atoms with Crippen molar-refractivity contribution in [3.63, 3.8) is 0 Å². The van der Waals surface area contributed by atoms with Gasteiger partial charge in [-0.05, 0) is 24.6 Å². The molecule has 6 nitrogen and oxygen atoms in total. The minimum Gasteiger partial charge on any atom is -0.351 e. The third-order valence-electron chi connectivity index (χ3n) is 5.52. The van der Waals surface area contributed by atoms with Crippen LogP contribution in [0.5, 0.6) is 0 Å². The van der Waals surface area contributed by atoms with Crippen LogP contribution < -0.4 is 10.6 Å². The van der Waals surface area contributed by atoms with Crippen LogP contribution in [0, 0.1) is 12.8 Å². The molecule has 0 spiro atoms. The zero-order chi connectivity index (χ0) is 19.0. The molecule has 3 heterocycles. The van der Waals surface area contributed by atoms with Crippen molar-refractivity contribution >= 4 is 29.2 Å². The first-order valence-electron chi connectivity index (χ1n) is 9.47. The van der Waals surface area contributed by atoms with Gasteiger partial charge in [0.05, 0.1) is 12.1 Å². The molecule has 1 amide bonds. The molecule has 2 aliphatic rings. The Labute approximate surface area is 169 Å². The zero-order valence-electron chi connectivity index (χ0n) is 15.9. The quantitative estimate of drug-likeness (QED) is 0.761. The van der Waals surface area contributed by atoms with Gasteiger partial charge in [0.15, 0.2) is 0 Å². The van der Waals surface area contributed by atoms with E-state index in [1.807, 2.05) is 23.9 Å². The number of likely N-dealkylation sites (tertiary alicyclic amines) is 1. The van der Waals surface area contributed by atoms with Crippen molar-refractivity contribution in [1.29, 1.82) is 0 Å². The molecule has 2 fully saturated rings. The molecule has 0 bridgehead atoms. The van der Waals surface area contributed by atoms with E-state index in [1.165, 1.54) is 0 Å². The van der Waals surface area contributed by atoms with Crippen molar-refractivity contribution in [1.82, 2.24) is 25.3 Å². The van der Waals surface area contributed by atoms with Gasteiger partial charge in [-0.1, -0.05) is 0 Å². The molecule has 1 aromatic heterocycles. The fourth-order valence-electron chi connectivity index (χ4n) is 3.78. The number of rotatable bonds is 6. The number of amides is 1. The van der Waals surface area contributed by atoms with Crippen LogP contribution in [-0.4, -0.2) is 65.8 Å². The molecule has 2 saturated heterocycles. The van der Waals surface area contributed by atoms with Gasteiger partial charge in [0.1, 0.15) is 0 Å². The molecule has 0 radical (unpaired) electrons. The number of aromatic nitrogens is 2. The third-order valence-corrected chi connectivity index (χ3v) is 5.52. The van der Waals surface area contributed by atoms with Gasteiger partial charge in [0, 0.05) is 68.8 Å². The smallest absolute Gasteiger partial charge is 0.261 e. The lowest BCUT2D eigenvalue weighted by Gasteiger charge is -2.26. The zero-order valence-corrected chi connectivity index (χ0v) is 16.7. The highest BCUT2D eigenvalue weighted by Crippen LogP contribution is 2.26. The highest BCUT2D eigenvalue weighted by molar-refractivity contribution is 6.00. The highest BCUT2D eigenvalue weighted by Gasteiger charge is 2.37. The molecule has 28 heavy (non-hydrogen) atoms. The van der Waals surface area contributed by atoms with Gasteiger partial charge in [0.2, 0.25) is 0 Å². The van der Waals surface area contributed by atoms with Gasteiger partial charge < -0.3 is 10.6 Å². The van der Waals surface area contributed by atoms with E-state index in [4.69, 9.17) is 0 Å². The van der Waals surface area contributed by atoms with E-state index in [2.05, 4.69) is 15.7 Å². The Balaban J connectivity index is 0.00000225. The van der Waals surface area contributed by atoms with E-state index in [1.54, 1.807) is 11.0 Å². The van der Waals surface area contributed by atoms with E-state index in [9.17, 15) is 13.6 Å². The molecule has 2 aromatic rings. The summed E-state index contributed by atoms with van der Waals surface area (Å²) in [6.45, 7) is 5.80. The van der Waals surface area contributed by atoms with Gasteiger partial charge in [-0.25, -0.2) is 8.78 Å². The summed E-state index contributed by atoms with van der Waals surface area (Å²) in [6.07, 6.45) is 1.91. The Kier molecular flexibility index (Phi) is 6.21. The van der Waals surface area contributed by atoms with Crippen LogP contribution in [0.4, 0.5) is 8.78 Å². The normalized spacial score (nSPS) is 19.4. The lowest BCUT2D eigenvalue weighted by atomic mass is 10.0. The Bertz CT molecular complexity index is 852. The number of nitrogens with zero attached hydrogens (tertiary/aromatic N) is 3. The summed E-state index contributed by atoms with van der Waals surface area (Å²) < 4.78 is 28.4. The molecule has 4 rings (SSSR count). The topological polar surface area (TPSA) is 62.2 Å². The third kappa shape index (κ3) is 4.45. The molecule has 0 aliphatic carbocycles. The van der Waals surface area contributed by atoms with Crippen molar-refractivity contribution in [2.24, 2.45) is 5.92 Å². The highest BCUT2D eigenvalue weighted by atomic mass is 35.5. The lowest BCUT2D eigenvalue weighted by Crippen LogP contribution is -2.44. The molecule has 2 N–H and O–H groups in total. The fraction of sp³-hybridized carbons (Fsp3) is 0.579. The summed E-state index contributed by atoms with van der Waals surface area (Å²) in [6, 6.07) is 3.66. The number of benzene rings is 1. The van der Waals surface area contributed by atoms with E-state index >= 15 is 0 Å². The molecule has 2 aliphatic heterocycles. The first-order valence-corrected chi connectivity index (χ1v) is 9.47. The van der Waals surface area contributed by atoms with E-state index in [0.717, 1.165) is 36.1 Å². The van der Waals surface area contributed by atoms with Gasteiger partial charge in [0.25, 0.3) is 11.8 Å². The molecule has 0 atom stereocenters. The van der Waals surface area contributed by atoms with Gasteiger partial charge in [-0.3, -0.25) is 14.4 Å². The maximum absolute atomic E-state index is 13.2. The molecule has 0 saturated carbocycles. The lowest BCUT2D eigenvalue weighted by molar-refractivity contribution is 0.0124. The number of alkyl halides is 2. The summed E-state index contributed by atoms with van der Waals surface area (Å²) in [5, 5.41) is 11.7. The van der Waals surface area contributed by atoms with Crippen LogP contribution in [0.15, 0.2) is 18.3 Å². The van der Waals surface area contributed by atoms with Crippen molar-refractivity contribution in [2.45, 2.75) is 25.8 Å². The van der Waals surface area contributed by atoms with Crippen molar-refractivity contribution in [2.75, 3.05) is 39.3 Å². The largest absolute Gasteiger partial charge is 0.351 e. The van der Waals surface area contributed by atoms with Crippen LogP contribution in [0.1, 0.15) is 22.3 Å². The minimum atomic E-state index is -2.60. The summed E-state index contributed by atoms with van der Waals surface area (Å²) in [4.78, 5) is 14.2. The number of hydrogen-bond donors (Lipinski definition) is 2. The Morgan fingerprint density at radius 3 is 2.82 bits per heavy atom. The molecule has 1 aromatic carbocycles. The average molecular weight is 414 g/mol. The second kappa shape index (κ2) is 8.31. The number of aryl methyl sites for hydroxylation is 1. The number of fused-ring (bicyclic) bond motifs is 1. The van der Waals surface area contributed by atoms with Crippen LogP contribution in [0.3, 0.4) is 0 Å². The second-order valence-corrected chi connectivity index (χ2v) is 7.68. The molecular weight excluding hydrogens is 388 g/mol. The summed E-state index contributed by atoms with van der Waals surface area (Å²) in [5.41, 5.74) is 2.39. The van der Waals surface area contributed by atoms with Gasteiger partial charge in [-0.15, -0.1) is 12.4 Å². The molecule has 9 heteroatoms. The number of halogens is 3. The van der Waals surface area contributed by atoms with E-state index < -0.39 is 5.92 Å². The molecule has 0 unspecified atom stereocenters. The van der Waals surface area contributed by atoms with Gasteiger partial charge in [-0.2, -0.15) is 5.10 Å². The second-order valence-electron chi connectivity index (χ2n) is 7.68. The van der Waals surface area contributed by atoms with Crippen LogP contribution >= 0.6 is 12.4 Å². The number of hydrogen-bond acceptors (Lipinski definition) is 4. The first kappa shape index (κ1) is 21.0. The maximum atomic E-state index is 13.2. The maximum Gasteiger partial charge on any atom is 0.261 e. The number of nitrogens with one attached hydrogen (secondary N) is 2. The molecule has 154 valence electrons. The van der Waals surface area contributed by atoms with Crippen LogP contribution in [0.2, 0.25) is 0 Å². The summed E-state index contributed by atoms with van der Waals surface area (Å²) in [5.74, 6) is -2.15. The predicted molar refractivity (Wildman–Crippen MR) is 106 cm³/mol. The number of carbonyl (C=O) groups is 1. The first-order chi connectivity index (χ1) is 12.9. The SMILES string of the molecule is Cc1c(C(=O)NCCN2CCC(F)(F)C2)ccc2nn(CC3CNC3)cc12.Cl. The Morgan fingerprint density at radius 1 is 1.39 bits per heavy atom. The summed E-state index contributed by atoms with van der Waals surface area (Å²) in [7, 11) is 0. The monoisotopic (exact) mass is 413 g/mol. The van der Waals surface area contributed by atoms with Crippen LogP contribution in [0.25, 0.3) is 10.9 Å². The van der Waals surface area contributed by atoms with Crippen molar-refractivity contribution in [3.05, 3.63) is 29.5 Å². The Morgan fingerprint density at radius 2 is 2.18 bits per heavy atom. The number of carbonyl (C=O) groups excluding carboxylic acids is 1. The van der Waals surface area contributed by atoms with Crippen LogP contribution in [-0.2, 0) is 6.54 Å². The molecular formula is C19H26ClF2N5O. The van der Waals surface area contributed by atoms with Crippen molar-refractivity contribution < 1.29 is 13.6 Å². The average Bonchev–Trinajstić information content (AvgIpc) is 3.14. The van der Waals surface area contributed by atoms with E-state index in [0.29, 0.717) is 31.1 Å².